The van der Waals surface area contributed by atoms with Crippen molar-refractivity contribution in [2.45, 2.75) is 39.4 Å². The van der Waals surface area contributed by atoms with E-state index in [1.54, 1.807) is 14.2 Å². The van der Waals surface area contributed by atoms with Crippen LogP contribution in [-0.2, 0) is 13.2 Å². The maximum atomic E-state index is 6.14. The van der Waals surface area contributed by atoms with Gasteiger partial charge in [-0.3, -0.25) is 0 Å². The highest BCUT2D eigenvalue weighted by molar-refractivity contribution is 5.59. The molecule has 3 aromatic carbocycles. The van der Waals surface area contributed by atoms with Crippen LogP contribution in [0.15, 0.2) is 72.8 Å². The van der Waals surface area contributed by atoms with Crippen LogP contribution in [0.2, 0.25) is 0 Å². The summed E-state index contributed by atoms with van der Waals surface area (Å²) in [4.78, 5) is 0. The van der Waals surface area contributed by atoms with Gasteiger partial charge in [0, 0.05) is 5.56 Å². The average molecular weight is 433 g/mol. The average Bonchev–Trinajstić information content (AvgIpc) is 2.85. The lowest BCUT2D eigenvalue weighted by Crippen LogP contribution is -1.99. The van der Waals surface area contributed by atoms with Crippen LogP contribution in [0.3, 0.4) is 0 Å². The second-order valence-electron chi connectivity index (χ2n) is 7.52. The zero-order valence-electron chi connectivity index (χ0n) is 19.2. The molecule has 0 bridgehead atoms. The van der Waals surface area contributed by atoms with Crippen molar-refractivity contribution >= 4 is 6.08 Å². The Morgan fingerprint density at radius 3 is 1.81 bits per heavy atom. The van der Waals surface area contributed by atoms with Crippen molar-refractivity contribution in [1.29, 1.82) is 0 Å². The highest BCUT2D eigenvalue weighted by atomic mass is 16.5. The van der Waals surface area contributed by atoms with Crippen molar-refractivity contribution in [3.63, 3.8) is 0 Å². The number of hydrogen-bond acceptors (Lipinski definition) is 4. The lowest BCUT2D eigenvalue weighted by molar-refractivity contribution is 0.296. The van der Waals surface area contributed by atoms with Gasteiger partial charge < -0.3 is 18.9 Å². The summed E-state index contributed by atoms with van der Waals surface area (Å²) in [5, 5.41) is 0. The van der Waals surface area contributed by atoms with Gasteiger partial charge in [0.05, 0.1) is 14.2 Å². The van der Waals surface area contributed by atoms with E-state index in [9.17, 15) is 0 Å². The van der Waals surface area contributed by atoms with Gasteiger partial charge >= 0.3 is 0 Å². The first-order valence-corrected chi connectivity index (χ1v) is 11.0. The third kappa shape index (κ3) is 7.09. The number of unbranched alkanes of at least 4 members (excludes halogenated alkanes) is 2. The molecule has 0 atom stereocenters. The maximum Gasteiger partial charge on any atom is 0.127 e. The van der Waals surface area contributed by atoms with Crippen LogP contribution in [0, 0.1) is 0 Å². The number of benzene rings is 3. The second kappa shape index (κ2) is 12.5. The maximum absolute atomic E-state index is 6.14. The molecule has 32 heavy (non-hydrogen) atoms. The molecule has 0 saturated heterocycles. The third-order valence-electron chi connectivity index (χ3n) is 5.12. The molecule has 0 fully saturated rings. The van der Waals surface area contributed by atoms with Crippen LogP contribution in [0.4, 0.5) is 0 Å². The van der Waals surface area contributed by atoms with Gasteiger partial charge in [0.25, 0.3) is 0 Å². The SMILES string of the molecule is CCCC/C=C/c1cc(OCc2ccc(OC)cc2)ccc1OCc1ccc(OC)cc1. The summed E-state index contributed by atoms with van der Waals surface area (Å²) in [5.41, 5.74) is 3.19. The molecule has 0 spiro atoms. The van der Waals surface area contributed by atoms with Crippen molar-refractivity contribution in [2.24, 2.45) is 0 Å². The Kier molecular flexibility index (Phi) is 9.05. The molecule has 168 valence electrons. The van der Waals surface area contributed by atoms with E-state index in [-0.39, 0.29) is 0 Å². The molecule has 0 amide bonds. The Hall–Kier alpha value is -3.40. The fraction of sp³-hybridized carbons (Fsp3) is 0.286. The Morgan fingerprint density at radius 2 is 1.25 bits per heavy atom. The van der Waals surface area contributed by atoms with Gasteiger partial charge in [0.1, 0.15) is 36.2 Å². The molecule has 0 heterocycles. The van der Waals surface area contributed by atoms with E-state index in [1.807, 2.05) is 66.7 Å². The van der Waals surface area contributed by atoms with E-state index in [4.69, 9.17) is 18.9 Å². The molecule has 3 aromatic rings. The number of ether oxygens (including phenoxy) is 4. The molecule has 0 saturated carbocycles. The van der Waals surface area contributed by atoms with E-state index < -0.39 is 0 Å². The van der Waals surface area contributed by atoms with Crippen molar-refractivity contribution < 1.29 is 18.9 Å². The van der Waals surface area contributed by atoms with E-state index >= 15 is 0 Å². The fourth-order valence-corrected chi connectivity index (χ4v) is 3.18. The molecule has 4 nitrogen and oxygen atoms in total. The topological polar surface area (TPSA) is 36.9 Å². The fourth-order valence-electron chi connectivity index (χ4n) is 3.18. The summed E-state index contributed by atoms with van der Waals surface area (Å²) in [5.74, 6) is 3.33. The van der Waals surface area contributed by atoms with Gasteiger partial charge in [-0.15, -0.1) is 0 Å². The van der Waals surface area contributed by atoms with Gasteiger partial charge in [-0.25, -0.2) is 0 Å². The minimum Gasteiger partial charge on any atom is -0.497 e. The van der Waals surface area contributed by atoms with Gasteiger partial charge in [0.15, 0.2) is 0 Å². The highest BCUT2D eigenvalue weighted by Gasteiger charge is 2.06. The smallest absolute Gasteiger partial charge is 0.127 e. The van der Waals surface area contributed by atoms with E-state index in [0.717, 1.165) is 46.1 Å². The predicted octanol–water partition coefficient (Wildman–Crippen LogP) is 7.07. The summed E-state index contributed by atoms with van der Waals surface area (Å²) in [7, 11) is 3.33. The molecule has 0 aromatic heterocycles. The normalized spacial score (nSPS) is 10.8. The number of allylic oxidation sites excluding steroid dienone is 1. The summed E-state index contributed by atoms with van der Waals surface area (Å²) < 4.78 is 22.6. The van der Waals surface area contributed by atoms with Crippen molar-refractivity contribution in [3.8, 4) is 23.0 Å². The molecule has 0 aliphatic heterocycles. The molecular formula is C28H32O4. The lowest BCUT2D eigenvalue weighted by Gasteiger charge is -2.13. The molecule has 0 unspecified atom stereocenters. The molecular weight excluding hydrogens is 400 g/mol. The van der Waals surface area contributed by atoms with Crippen LogP contribution in [0.25, 0.3) is 6.08 Å². The van der Waals surface area contributed by atoms with E-state index in [2.05, 4.69) is 19.1 Å². The summed E-state index contributed by atoms with van der Waals surface area (Å²) >= 11 is 0. The molecule has 0 aliphatic rings. The van der Waals surface area contributed by atoms with Crippen LogP contribution in [0.5, 0.6) is 23.0 Å². The Bertz CT molecular complexity index is 975. The van der Waals surface area contributed by atoms with Crippen LogP contribution in [0.1, 0.15) is 42.9 Å². The largest absolute Gasteiger partial charge is 0.497 e. The van der Waals surface area contributed by atoms with E-state index in [1.165, 1.54) is 12.8 Å². The minimum absolute atomic E-state index is 0.492. The molecule has 0 radical (unpaired) electrons. The zero-order valence-corrected chi connectivity index (χ0v) is 19.2. The van der Waals surface area contributed by atoms with Crippen LogP contribution < -0.4 is 18.9 Å². The molecule has 4 heteroatoms. The minimum atomic E-state index is 0.492. The standard InChI is InChI=1S/C28H32O4/c1-4-5-6-7-8-24-19-27(31-20-22-9-13-25(29-2)14-10-22)17-18-28(24)32-21-23-11-15-26(30-3)16-12-23/h7-19H,4-6,20-21H2,1-3H3/b8-7+. The van der Waals surface area contributed by atoms with E-state index in [0.29, 0.717) is 13.2 Å². The van der Waals surface area contributed by atoms with Gasteiger partial charge in [-0.05, 0) is 60.0 Å². The summed E-state index contributed by atoms with van der Waals surface area (Å²) in [6.07, 6.45) is 7.72. The van der Waals surface area contributed by atoms with Crippen molar-refractivity contribution in [3.05, 3.63) is 89.5 Å². The number of hydrogen-bond donors (Lipinski definition) is 0. The summed E-state index contributed by atoms with van der Waals surface area (Å²) in [6.45, 7) is 3.19. The zero-order chi connectivity index (χ0) is 22.6. The monoisotopic (exact) mass is 432 g/mol. The first-order chi connectivity index (χ1) is 15.7. The Labute approximate surface area is 191 Å². The van der Waals surface area contributed by atoms with Gasteiger partial charge in [-0.2, -0.15) is 0 Å². The van der Waals surface area contributed by atoms with Crippen LogP contribution >= 0.6 is 0 Å². The Balaban J connectivity index is 1.69. The third-order valence-corrected chi connectivity index (χ3v) is 5.12. The quantitative estimate of drug-likeness (QED) is 0.287. The van der Waals surface area contributed by atoms with Gasteiger partial charge in [0.2, 0.25) is 0 Å². The van der Waals surface area contributed by atoms with Gasteiger partial charge in [-0.1, -0.05) is 56.2 Å². The highest BCUT2D eigenvalue weighted by Crippen LogP contribution is 2.28. The predicted molar refractivity (Wildman–Crippen MR) is 130 cm³/mol. The van der Waals surface area contributed by atoms with Crippen LogP contribution in [-0.4, -0.2) is 14.2 Å². The number of rotatable bonds is 12. The number of methoxy groups -OCH3 is 2. The second-order valence-corrected chi connectivity index (χ2v) is 7.52. The first kappa shape index (κ1) is 23.3. The Morgan fingerprint density at radius 1 is 0.688 bits per heavy atom. The van der Waals surface area contributed by atoms with Crippen molar-refractivity contribution in [1.82, 2.24) is 0 Å². The molecule has 3 rings (SSSR count). The first-order valence-electron chi connectivity index (χ1n) is 11.0. The lowest BCUT2D eigenvalue weighted by atomic mass is 10.1. The van der Waals surface area contributed by atoms with Crippen molar-refractivity contribution in [2.75, 3.05) is 14.2 Å². The molecule has 0 N–H and O–H groups in total. The summed E-state index contributed by atoms with van der Waals surface area (Å²) in [6, 6.07) is 21.8. The molecule has 0 aliphatic carbocycles.